The maximum absolute atomic E-state index is 13.1. The van der Waals surface area contributed by atoms with Crippen LogP contribution in [0.25, 0.3) is 11.3 Å². The average molecular weight is 445 g/mol. The van der Waals surface area contributed by atoms with Crippen LogP contribution in [-0.2, 0) is 16.6 Å². The van der Waals surface area contributed by atoms with Crippen LogP contribution in [0.1, 0.15) is 6.42 Å². The van der Waals surface area contributed by atoms with Gasteiger partial charge in [-0.15, -0.1) is 0 Å². The molecule has 1 N–H and O–H groups in total. The van der Waals surface area contributed by atoms with Crippen molar-refractivity contribution in [1.29, 1.82) is 0 Å². The number of ether oxygens (including phenoxy) is 2. The predicted molar refractivity (Wildman–Crippen MR) is 111 cm³/mol. The number of sulfonamides is 1. The van der Waals surface area contributed by atoms with E-state index in [1.807, 2.05) is 0 Å². The summed E-state index contributed by atoms with van der Waals surface area (Å²) >= 11 is 0. The Morgan fingerprint density at radius 3 is 2.52 bits per heavy atom. The first-order chi connectivity index (χ1) is 14.9. The van der Waals surface area contributed by atoms with Gasteiger partial charge in [-0.1, -0.05) is 0 Å². The van der Waals surface area contributed by atoms with Crippen LogP contribution in [-0.4, -0.2) is 38.0 Å². The van der Waals surface area contributed by atoms with Crippen LogP contribution in [0.5, 0.6) is 11.5 Å². The molecule has 0 saturated heterocycles. The first kappa shape index (κ1) is 21.0. The lowest BCUT2D eigenvalue weighted by Crippen LogP contribution is -2.28. The lowest BCUT2D eigenvalue weighted by Gasteiger charge is -2.18. The van der Waals surface area contributed by atoms with E-state index in [1.54, 1.807) is 24.3 Å². The van der Waals surface area contributed by atoms with Gasteiger partial charge in [0.25, 0.3) is 5.56 Å². The summed E-state index contributed by atoms with van der Waals surface area (Å²) in [6.07, 6.45) is 0.351. The first-order valence-corrected chi connectivity index (χ1v) is 11.1. The number of benzene rings is 2. The molecule has 1 aliphatic heterocycles. The molecule has 31 heavy (non-hydrogen) atoms. The second kappa shape index (κ2) is 8.86. The zero-order valence-corrected chi connectivity index (χ0v) is 17.3. The van der Waals surface area contributed by atoms with Crippen molar-refractivity contribution in [2.45, 2.75) is 17.9 Å². The molecule has 8 nitrogen and oxygen atoms in total. The van der Waals surface area contributed by atoms with Crippen LogP contribution in [0.15, 0.2) is 64.3 Å². The Morgan fingerprint density at radius 1 is 1.00 bits per heavy atom. The van der Waals surface area contributed by atoms with Gasteiger partial charge in [0.05, 0.1) is 10.6 Å². The molecule has 0 fully saturated rings. The smallest absolute Gasteiger partial charge is 0.266 e. The fourth-order valence-electron chi connectivity index (χ4n) is 3.09. The zero-order valence-electron chi connectivity index (χ0n) is 16.5. The second-order valence-corrected chi connectivity index (χ2v) is 8.61. The van der Waals surface area contributed by atoms with Gasteiger partial charge >= 0.3 is 0 Å². The summed E-state index contributed by atoms with van der Waals surface area (Å²) in [7, 11) is -3.74. The lowest BCUT2D eigenvalue weighted by molar-refractivity contribution is 0.171. The van der Waals surface area contributed by atoms with Crippen LogP contribution in [0.2, 0.25) is 0 Å². The van der Waals surface area contributed by atoms with Crippen LogP contribution in [0.3, 0.4) is 0 Å². The van der Waals surface area contributed by atoms with E-state index in [2.05, 4.69) is 9.82 Å². The molecule has 3 aromatic rings. The van der Waals surface area contributed by atoms with Crippen molar-refractivity contribution >= 4 is 10.0 Å². The monoisotopic (exact) mass is 445 g/mol. The van der Waals surface area contributed by atoms with Crippen molar-refractivity contribution in [3.05, 3.63) is 70.8 Å². The van der Waals surface area contributed by atoms with Gasteiger partial charge in [-0.2, -0.15) is 5.10 Å². The van der Waals surface area contributed by atoms with Crippen molar-refractivity contribution < 1.29 is 22.3 Å². The summed E-state index contributed by atoms with van der Waals surface area (Å²) in [6, 6.07) is 13.2. The molecular formula is C21H20FN3O5S. The lowest BCUT2D eigenvalue weighted by atomic mass is 10.1. The highest BCUT2D eigenvalue weighted by molar-refractivity contribution is 7.89. The third-order valence-electron chi connectivity index (χ3n) is 4.67. The standard InChI is InChI=1S/C21H20FN3O5S/c22-16-4-2-15(3-5-16)18-7-9-21(26)25(24-18)11-1-10-23-31(27,28)17-6-8-19-20(14-17)30-13-12-29-19/h2-9,14,23H,1,10-13H2. The van der Waals surface area contributed by atoms with Gasteiger partial charge in [0.1, 0.15) is 19.0 Å². The normalized spacial score (nSPS) is 13.2. The number of hydrogen-bond acceptors (Lipinski definition) is 6. The molecule has 162 valence electrons. The molecule has 0 radical (unpaired) electrons. The minimum absolute atomic E-state index is 0.0744. The predicted octanol–water partition coefficient (Wildman–Crippen LogP) is 2.19. The number of fused-ring (bicyclic) bond motifs is 1. The molecule has 0 saturated carbocycles. The maximum Gasteiger partial charge on any atom is 0.266 e. The topological polar surface area (TPSA) is 99.5 Å². The van der Waals surface area contributed by atoms with Crippen LogP contribution >= 0.6 is 0 Å². The van der Waals surface area contributed by atoms with E-state index in [0.29, 0.717) is 42.4 Å². The third kappa shape index (κ3) is 4.92. The van der Waals surface area contributed by atoms with Crippen molar-refractivity contribution in [2.75, 3.05) is 19.8 Å². The number of nitrogens with one attached hydrogen (secondary N) is 1. The molecule has 1 aromatic heterocycles. The summed E-state index contributed by atoms with van der Waals surface area (Å²) in [5.41, 5.74) is 0.895. The van der Waals surface area contributed by atoms with Gasteiger partial charge in [0.15, 0.2) is 11.5 Å². The number of hydrogen-bond donors (Lipinski definition) is 1. The van der Waals surface area contributed by atoms with Gasteiger partial charge in [0, 0.05) is 30.8 Å². The first-order valence-electron chi connectivity index (χ1n) is 9.66. The van der Waals surface area contributed by atoms with Gasteiger partial charge in [-0.25, -0.2) is 22.2 Å². The van der Waals surface area contributed by atoms with Crippen molar-refractivity contribution in [1.82, 2.24) is 14.5 Å². The largest absolute Gasteiger partial charge is 0.486 e. The molecule has 0 spiro atoms. The second-order valence-electron chi connectivity index (χ2n) is 6.84. The van der Waals surface area contributed by atoms with Gasteiger partial charge in [0.2, 0.25) is 10.0 Å². The summed E-state index contributed by atoms with van der Waals surface area (Å²) in [4.78, 5) is 12.2. The van der Waals surface area contributed by atoms with Gasteiger partial charge < -0.3 is 9.47 Å². The summed E-state index contributed by atoms with van der Waals surface area (Å²) in [5.74, 6) is 0.543. The van der Waals surface area contributed by atoms with Crippen LogP contribution in [0.4, 0.5) is 4.39 Å². The minimum atomic E-state index is -3.74. The van der Waals surface area contributed by atoms with Crippen LogP contribution in [0, 0.1) is 5.82 Å². The summed E-state index contributed by atoms with van der Waals surface area (Å²) in [6.45, 7) is 1.12. The molecule has 2 heterocycles. The van der Waals surface area contributed by atoms with Crippen molar-refractivity contribution in [3.63, 3.8) is 0 Å². The fraction of sp³-hybridized carbons (Fsp3) is 0.238. The summed E-state index contributed by atoms with van der Waals surface area (Å²) in [5, 5.41) is 4.29. The number of halogens is 1. The van der Waals surface area contributed by atoms with Crippen molar-refractivity contribution in [3.8, 4) is 22.8 Å². The SMILES string of the molecule is O=c1ccc(-c2ccc(F)cc2)nn1CCCNS(=O)(=O)c1ccc2c(c1)OCCO2. The molecular weight excluding hydrogens is 425 g/mol. The Kier molecular flexibility index (Phi) is 6.01. The van der Waals surface area contributed by atoms with Crippen LogP contribution < -0.4 is 19.8 Å². The zero-order chi connectivity index (χ0) is 21.8. The highest BCUT2D eigenvalue weighted by atomic mass is 32.2. The van der Waals surface area contributed by atoms with E-state index in [9.17, 15) is 17.6 Å². The molecule has 2 aromatic carbocycles. The Bertz CT molecular complexity index is 1240. The summed E-state index contributed by atoms with van der Waals surface area (Å²) < 4.78 is 52.8. The Hall–Kier alpha value is -3.24. The molecule has 0 amide bonds. The molecule has 0 aliphatic carbocycles. The molecule has 0 atom stereocenters. The fourth-order valence-corrected chi connectivity index (χ4v) is 4.18. The highest BCUT2D eigenvalue weighted by Crippen LogP contribution is 2.32. The average Bonchev–Trinajstić information content (AvgIpc) is 2.78. The quantitative estimate of drug-likeness (QED) is 0.560. The van der Waals surface area contributed by atoms with Crippen molar-refractivity contribution in [2.24, 2.45) is 0 Å². The van der Waals surface area contributed by atoms with Gasteiger partial charge in [-0.05, 0) is 48.9 Å². The number of rotatable bonds is 7. The van der Waals surface area contributed by atoms with E-state index >= 15 is 0 Å². The number of aryl methyl sites for hydroxylation is 1. The molecule has 0 bridgehead atoms. The Labute approximate surface area is 178 Å². The van der Waals surface area contributed by atoms with E-state index in [-0.39, 0.29) is 29.4 Å². The maximum atomic E-state index is 13.1. The Morgan fingerprint density at radius 2 is 1.74 bits per heavy atom. The van der Waals surface area contributed by atoms with Gasteiger partial charge in [-0.3, -0.25) is 4.79 Å². The number of aromatic nitrogens is 2. The van der Waals surface area contributed by atoms with E-state index in [4.69, 9.17) is 9.47 Å². The molecule has 1 aliphatic rings. The van der Waals surface area contributed by atoms with E-state index < -0.39 is 10.0 Å². The molecule has 0 unspecified atom stereocenters. The number of nitrogens with zero attached hydrogens (tertiary/aromatic N) is 2. The third-order valence-corrected chi connectivity index (χ3v) is 6.13. The van der Waals surface area contributed by atoms with E-state index in [0.717, 1.165) is 0 Å². The Balaban J connectivity index is 1.39. The molecule has 4 rings (SSSR count). The highest BCUT2D eigenvalue weighted by Gasteiger charge is 2.19. The van der Waals surface area contributed by atoms with E-state index in [1.165, 1.54) is 35.0 Å². The minimum Gasteiger partial charge on any atom is -0.486 e. The molecule has 10 heteroatoms.